The second-order valence-corrected chi connectivity index (χ2v) is 5.64. The predicted molar refractivity (Wildman–Crippen MR) is 66.7 cm³/mol. The van der Waals surface area contributed by atoms with E-state index in [4.69, 9.17) is 0 Å². The third kappa shape index (κ3) is 2.41. The van der Waals surface area contributed by atoms with Crippen molar-refractivity contribution < 1.29 is 18.4 Å². The summed E-state index contributed by atoms with van der Waals surface area (Å²) in [5.74, 6) is -0.360. The van der Waals surface area contributed by atoms with Crippen molar-refractivity contribution in [3.8, 4) is 5.75 Å². The molecule has 0 atom stereocenters. The van der Waals surface area contributed by atoms with E-state index >= 15 is 0 Å². The van der Waals surface area contributed by atoms with E-state index in [0.29, 0.717) is 0 Å². The Morgan fingerprint density at radius 1 is 1.00 bits per heavy atom. The van der Waals surface area contributed by atoms with Gasteiger partial charge in [0.15, 0.2) is 0 Å². The molecule has 1 N–H and O–H groups in total. The molecule has 0 spiro atoms. The first-order valence-electron chi connectivity index (χ1n) is 5.20. The zero-order chi connectivity index (χ0) is 14.0. The molecule has 0 heterocycles. The van der Waals surface area contributed by atoms with Crippen LogP contribution in [0.1, 0.15) is 0 Å². The molecule has 0 unspecified atom stereocenters. The second-order valence-electron chi connectivity index (χ2n) is 3.72. The molecule has 2 aromatic carbocycles. The molecule has 0 amide bonds. The number of nitrogens with zero attached hydrogens (tertiary/aromatic N) is 1. The van der Waals surface area contributed by atoms with Gasteiger partial charge in [0, 0.05) is 12.1 Å². The van der Waals surface area contributed by atoms with Gasteiger partial charge in [-0.1, -0.05) is 12.1 Å². The lowest BCUT2D eigenvalue weighted by atomic mass is 10.3. The van der Waals surface area contributed by atoms with Crippen molar-refractivity contribution >= 4 is 15.5 Å². The minimum Gasteiger partial charge on any atom is -0.507 e. The Hall–Kier alpha value is -2.41. The molecule has 0 aliphatic heterocycles. The Balaban J connectivity index is 2.52. The molecular weight excluding hydrogens is 270 g/mol. The number of phenolic OH excluding ortho intramolecular Hbond substituents is 1. The Morgan fingerprint density at radius 3 is 2.11 bits per heavy atom. The van der Waals surface area contributed by atoms with Crippen molar-refractivity contribution in [3.05, 3.63) is 58.6 Å². The van der Waals surface area contributed by atoms with Crippen LogP contribution in [0.25, 0.3) is 0 Å². The van der Waals surface area contributed by atoms with Gasteiger partial charge < -0.3 is 5.11 Å². The van der Waals surface area contributed by atoms with E-state index in [-0.39, 0.29) is 21.2 Å². The maximum atomic E-state index is 12.2. The molecule has 0 saturated heterocycles. The van der Waals surface area contributed by atoms with Gasteiger partial charge in [-0.15, -0.1) is 0 Å². The third-order valence-corrected chi connectivity index (χ3v) is 4.33. The number of nitro groups is 1. The van der Waals surface area contributed by atoms with E-state index in [1.54, 1.807) is 0 Å². The van der Waals surface area contributed by atoms with Crippen LogP contribution in [0, 0.1) is 10.1 Å². The summed E-state index contributed by atoms with van der Waals surface area (Å²) in [4.78, 5) is 9.54. The molecule has 0 aromatic heterocycles. The number of hydrogen-bond acceptors (Lipinski definition) is 5. The van der Waals surface area contributed by atoms with Crippen molar-refractivity contribution in [2.45, 2.75) is 9.79 Å². The molecule has 0 bridgehead atoms. The van der Waals surface area contributed by atoms with Gasteiger partial charge in [-0.25, -0.2) is 8.42 Å². The monoisotopic (exact) mass is 279 g/mol. The van der Waals surface area contributed by atoms with Crippen LogP contribution in [0.3, 0.4) is 0 Å². The number of phenols is 1. The number of benzene rings is 2. The van der Waals surface area contributed by atoms with Gasteiger partial charge in [0.05, 0.1) is 9.82 Å². The van der Waals surface area contributed by atoms with Crippen LogP contribution in [-0.4, -0.2) is 18.4 Å². The van der Waals surface area contributed by atoms with Crippen molar-refractivity contribution in [3.63, 3.8) is 0 Å². The maximum Gasteiger partial charge on any atom is 0.269 e. The first-order valence-corrected chi connectivity index (χ1v) is 6.69. The van der Waals surface area contributed by atoms with E-state index in [1.807, 2.05) is 0 Å². The highest BCUT2D eigenvalue weighted by atomic mass is 32.2. The fourth-order valence-corrected chi connectivity index (χ4v) is 2.91. The van der Waals surface area contributed by atoms with Crippen molar-refractivity contribution in [1.82, 2.24) is 0 Å². The number of nitro benzene ring substituents is 1. The largest absolute Gasteiger partial charge is 0.507 e. The number of hydrogen-bond donors (Lipinski definition) is 1. The van der Waals surface area contributed by atoms with Crippen LogP contribution >= 0.6 is 0 Å². The summed E-state index contributed by atoms with van der Waals surface area (Å²) >= 11 is 0. The van der Waals surface area contributed by atoms with Gasteiger partial charge in [0.2, 0.25) is 9.84 Å². The minimum absolute atomic E-state index is 0.111. The van der Waals surface area contributed by atoms with Gasteiger partial charge in [-0.05, 0) is 24.3 Å². The lowest BCUT2D eigenvalue weighted by Gasteiger charge is -2.06. The summed E-state index contributed by atoms with van der Waals surface area (Å²) in [6, 6.07) is 10.0. The zero-order valence-electron chi connectivity index (χ0n) is 9.55. The highest BCUT2D eigenvalue weighted by Gasteiger charge is 2.21. The number of para-hydroxylation sites is 1. The van der Waals surface area contributed by atoms with Crippen LogP contribution in [-0.2, 0) is 9.84 Å². The Bertz CT molecular complexity index is 722. The number of non-ortho nitro benzene ring substituents is 1. The minimum atomic E-state index is -3.88. The zero-order valence-corrected chi connectivity index (χ0v) is 10.4. The van der Waals surface area contributed by atoms with E-state index < -0.39 is 14.8 Å². The van der Waals surface area contributed by atoms with E-state index in [0.717, 1.165) is 24.3 Å². The van der Waals surface area contributed by atoms with Crippen LogP contribution in [0.4, 0.5) is 5.69 Å². The van der Waals surface area contributed by atoms with Gasteiger partial charge in [-0.2, -0.15) is 0 Å². The molecule has 98 valence electrons. The summed E-state index contributed by atoms with van der Waals surface area (Å²) in [5, 5.41) is 20.1. The first-order chi connectivity index (χ1) is 8.93. The second kappa shape index (κ2) is 4.69. The summed E-state index contributed by atoms with van der Waals surface area (Å²) in [6.07, 6.45) is 0. The first kappa shape index (κ1) is 13.0. The van der Waals surface area contributed by atoms with Crippen molar-refractivity contribution in [2.24, 2.45) is 0 Å². The molecule has 19 heavy (non-hydrogen) atoms. The number of rotatable bonds is 3. The molecule has 2 rings (SSSR count). The lowest BCUT2D eigenvalue weighted by Crippen LogP contribution is -2.02. The molecule has 0 fully saturated rings. The van der Waals surface area contributed by atoms with Crippen molar-refractivity contribution in [2.75, 3.05) is 0 Å². The normalized spacial score (nSPS) is 11.2. The molecule has 0 aliphatic rings. The third-order valence-electron chi connectivity index (χ3n) is 2.51. The number of sulfone groups is 1. The molecule has 2 aromatic rings. The fourth-order valence-electron chi connectivity index (χ4n) is 1.56. The molecule has 7 heteroatoms. The van der Waals surface area contributed by atoms with Crippen LogP contribution in [0.2, 0.25) is 0 Å². The SMILES string of the molecule is O=[N+]([O-])c1ccc(S(=O)(=O)c2ccccc2O)cc1. The molecule has 0 saturated carbocycles. The molecular formula is C12H9NO5S. The molecule has 0 aliphatic carbocycles. The maximum absolute atomic E-state index is 12.2. The van der Waals surface area contributed by atoms with Crippen LogP contribution < -0.4 is 0 Å². The average Bonchev–Trinajstić information content (AvgIpc) is 2.39. The van der Waals surface area contributed by atoms with Crippen LogP contribution in [0.5, 0.6) is 5.75 Å². The fraction of sp³-hybridized carbons (Fsp3) is 0. The molecule has 6 nitrogen and oxygen atoms in total. The lowest BCUT2D eigenvalue weighted by molar-refractivity contribution is -0.384. The van der Waals surface area contributed by atoms with Gasteiger partial charge in [0.1, 0.15) is 10.6 Å². The summed E-state index contributed by atoms with van der Waals surface area (Å²) in [5.41, 5.74) is -0.198. The summed E-state index contributed by atoms with van der Waals surface area (Å²) in [6.45, 7) is 0. The van der Waals surface area contributed by atoms with Gasteiger partial charge >= 0.3 is 0 Å². The van der Waals surface area contributed by atoms with Gasteiger partial charge in [0.25, 0.3) is 5.69 Å². The van der Waals surface area contributed by atoms with E-state index in [1.165, 1.54) is 24.3 Å². The van der Waals surface area contributed by atoms with E-state index in [2.05, 4.69) is 0 Å². The average molecular weight is 279 g/mol. The standard InChI is InChI=1S/C12H9NO5S/c14-11-3-1-2-4-12(11)19(17,18)10-7-5-9(6-8-10)13(15)16/h1-8,14H. The topological polar surface area (TPSA) is 97.5 Å². The Labute approximate surface area is 109 Å². The smallest absolute Gasteiger partial charge is 0.269 e. The van der Waals surface area contributed by atoms with Crippen LogP contribution in [0.15, 0.2) is 58.3 Å². The molecule has 0 radical (unpaired) electrons. The predicted octanol–water partition coefficient (Wildman–Crippen LogP) is 2.13. The summed E-state index contributed by atoms with van der Waals surface area (Å²) < 4.78 is 24.4. The quantitative estimate of drug-likeness (QED) is 0.685. The summed E-state index contributed by atoms with van der Waals surface area (Å²) in [7, 11) is -3.88. The van der Waals surface area contributed by atoms with Crippen molar-refractivity contribution in [1.29, 1.82) is 0 Å². The number of aromatic hydroxyl groups is 1. The Kier molecular flexibility index (Phi) is 3.22. The highest BCUT2D eigenvalue weighted by Crippen LogP contribution is 2.28. The highest BCUT2D eigenvalue weighted by molar-refractivity contribution is 7.91. The van der Waals surface area contributed by atoms with Gasteiger partial charge in [-0.3, -0.25) is 10.1 Å². The Morgan fingerprint density at radius 2 is 1.58 bits per heavy atom. The van der Waals surface area contributed by atoms with E-state index in [9.17, 15) is 23.6 Å².